The molecule has 0 aromatic rings. The van der Waals surface area contributed by atoms with Gasteiger partial charge in [-0.05, 0) is 118 Å². The van der Waals surface area contributed by atoms with Crippen LogP contribution in [-0.2, 0) is 23.9 Å². The smallest absolute Gasteiger partial charge is 0.311 e. The van der Waals surface area contributed by atoms with Gasteiger partial charge >= 0.3 is 17.9 Å². The van der Waals surface area contributed by atoms with Crippen LogP contribution in [0, 0.1) is 51.8 Å². The Morgan fingerprint density at radius 1 is 1.00 bits per heavy atom. The molecule has 3 N–H and O–H groups in total. The lowest BCUT2D eigenvalue weighted by molar-refractivity contribution is -0.210. The standard InChI is InChI=1S/C33H54O8/c1-7-31(3,4)30(39)41-21-12-14-32(5)20(16-21)17-25(34)29-23-10-9-22(33(23,6)26(35)18-24(29)32)19(2)8-11-28(38)40-15-13-27(36)37/h19-26,29,34-35H,7-18H2,1-6H3,(H,36,37). The average Bonchev–Trinajstić information content (AvgIpc) is 3.26. The summed E-state index contributed by atoms with van der Waals surface area (Å²) in [6.45, 7) is 12.5. The van der Waals surface area contributed by atoms with Crippen molar-refractivity contribution in [3.05, 3.63) is 0 Å². The first-order valence-corrected chi connectivity index (χ1v) is 16.1. The molecule has 234 valence electrons. The fraction of sp³-hybridized carbons (Fsp3) is 0.909. The summed E-state index contributed by atoms with van der Waals surface area (Å²) >= 11 is 0. The number of rotatable bonds is 10. The van der Waals surface area contributed by atoms with E-state index in [1.54, 1.807) is 0 Å². The maximum atomic E-state index is 12.8. The lowest BCUT2D eigenvalue weighted by atomic mass is 9.43. The number of hydrogen-bond acceptors (Lipinski definition) is 7. The number of carbonyl (C=O) groups excluding carboxylic acids is 2. The molecule has 0 aromatic carbocycles. The molecule has 0 bridgehead atoms. The van der Waals surface area contributed by atoms with Gasteiger partial charge in [0.05, 0.1) is 24.0 Å². The molecule has 4 rings (SSSR count). The van der Waals surface area contributed by atoms with Gasteiger partial charge in [0.1, 0.15) is 12.7 Å². The average molecular weight is 579 g/mol. The minimum Gasteiger partial charge on any atom is -0.481 e. The minimum absolute atomic E-state index is 0.00119. The maximum Gasteiger partial charge on any atom is 0.311 e. The Labute approximate surface area is 245 Å². The number of fused-ring (bicyclic) bond motifs is 5. The third-order valence-electron chi connectivity index (χ3n) is 12.6. The van der Waals surface area contributed by atoms with Crippen molar-refractivity contribution >= 4 is 17.9 Å². The Kier molecular flexibility index (Phi) is 9.55. The Hall–Kier alpha value is -1.67. The molecule has 0 spiro atoms. The van der Waals surface area contributed by atoms with Crippen LogP contribution in [0.5, 0.6) is 0 Å². The third-order valence-corrected chi connectivity index (χ3v) is 12.6. The van der Waals surface area contributed by atoms with E-state index in [4.69, 9.17) is 14.6 Å². The quantitative estimate of drug-likeness (QED) is 0.295. The summed E-state index contributed by atoms with van der Waals surface area (Å²) in [5, 5.41) is 32.3. The molecule has 4 saturated carbocycles. The lowest BCUT2D eigenvalue weighted by Gasteiger charge is -2.63. The zero-order valence-corrected chi connectivity index (χ0v) is 26.1. The van der Waals surface area contributed by atoms with Gasteiger partial charge in [0.15, 0.2) is 0 Å². The van der Waals surface area contributed by atoms with E-state index in [1.165, 1.54) is 0 Å². The second-order valence-corrected chi connectivity index (χ2v) is 15.0. The van der Waals surface area contributed by atoms with E-state index < -0.39 is 23.6 Å². The first-order valence-electron chi connectivity index (χ1n) is 16.1. The molecule has 0 aliphatic heterocycles. The summed E-state index contributed by atoms with van der Waals surface area (Å²) in [4.78, 5) is 35.7. The molecule has 8 heteroatoms. The maximum absolute atomic E-state index is 12.8. The molecule has 8 nitrogen and oxygen atoms in total. The zero-order valence-electron chi connectivity index (χ0n) is 26.1. The van der Waals surface area contributed by atoms with Crippen molar-refractivity contribution in [2.24, 2.45) is 51.8 Å². The van der Waals surface area contributed by atoms with Crippen LogP contribution < -0.4 is 0 Å². The van der Waals surface area contributed by atoms with E-state index in [1.807, 2.05) is 20.8 Å². The number of esters is 2. The lowest BCUT2D eigenvalue weighted by Crippen LogP contribution is -2.62. The highest BCUT2D eigenvalue weighted by Crippen LogP contribution is 2.68. The Bertz CT molecular complexity index is 978. The topological polar surface area (TPSA) is 130 Å². The number of aliphatic hydroxyl groups excluding tert-OH is 2. The summed E-state index contributed by atoms with van der Waals surface area (Å²) in [6.07, 6.45) is 6.28. The van der Waals surface area contributed by atoms with Crippen LogP contribution in [0.2, 0.25) is 0 Å². The van der Waals surface area contributed by atoms with E-state index in [9.17, 15) is 24.6 Å². The first-order chi connectivity index (χ1) is 19.1. The third kappa shape index (κ3) is 6.07. The fourth-order valence-electron chi connectivity index (χ4n) is 9.55. The van der Waals surface area contributed by atoms with Gasteiger partial charge < -0.3 is 24.8 Å². The largest absolute Gasteiger partial charge is 0.481 e. The summed E-state index contributed by atoms with van der Waals surface area (Å²) in [5.41, 5.74) is -0.818. The predicted molar refractivity (Wildman–Crippen MR) is 154 cm³/mol. The Morgan fingerprint density at radius 3 is 2.37 bits per heavy atom. The molecule has 41 heavy (non-hydrogen) atoms. The number of aliphatic hydroxyl groups is 2. The summed E-state index contributed by atoms with van der Waals surface area (Å²) in [7, 11) is 0. The van der Waals surface area contributed by atoms with Gasteiger partial charge in [-0.25, -0.2) is 0 Å². The molecular weight excluding hydrogens is 524 g/mol. The van der Waals surface area contributed by atoms with Crippen molar-refractivity contribution in [2.75, 3.05) is 6.61 Å². The molecule has 0 aromatic heterocycles. The van der Waals surface area contributed by atoms with Gasteiger partial charge in [-0.3, -0.25) is 14.4 Å². The van der Waals surface area contributed by atoms with Gasteiger partial charge in [0, 0.05) is 6.42 Å². The number of ether oxygens (including phenoxy) is 2. The molecule has 0 heterocycles. The number of hydrogen-bond donors (Lipinski definition) is 3. The monoisotopic (exact) mass is 578 g/mol. The minimum atomic E-state index is -0.988. The second-order valence-electron chi connectivity index (χ2n) is 15.0. The van der Waals surface area contributed by atoms with Crippen molar-refractivity contribution in [1.29, 1.82) is 0 Å². The molecule has 11 unspecified atom stereocenters. The highest BCUT2D eigenvalue weighted by molar-refractivity contribution is 5.76. The van der Waals surface area contributed by atoms with Gasteiger partial charge in [-0.1, -0.05) is 27.7 Å². The zero-order chi connectivity index (χ0) is 30.3. The van der Waals surface area contributed by atoms with E-state index in [0.717, 1.165) is 38.5 Å². The van der Waals surface area contributed by atoms with Gasteiger partial charge in [-0.2, -0.15) is 0 Å². The van der Waals surface area contributed by atoms with Crippen LogP contribution in [0.4, 0.5) is 0 Å². The molecule has 0 saturated heterocycles. The molecule has 0 radical (unpaired) electrons. The predicted octanol–water partition coefficient (Wildman–Crippen LogP) is 5.37. The number of carbonyl (C=O) groups is 3. The van der Waals surface area contributed by atoms with Crippen LogP contribution in [0.3, 0.4) is 0 Å². The highest BCUT2D eigenvalue weighted by Gasteiger charge is 2.65. The molecule has 4 aliphatic carbocycles. The van der Waals surface area contributed by atoms with E-state index in [0.29, 0.717) is 19.3 Å². The van der Waals surface area contributed by atoms with Crippen molar-refractivity contribution in [2.45, 2.75) is 130 Å². The van der Waals surface area contributed by atoms with Gasteiger partial charge in [-0.15, -0.1) is 0 Å². The molecular formula is C33H54O8. The van der Waals surface area contributed by atoms with E-state index in [-0.39, 0.29) is 83.8 Å². The second kappa shape index (κ2) is 12.1. The van der Waals surface area contributed by atoms with Crippen LogP contribution in [-0.4, -0.2) is 58.1 Å². The van der Waals surface area contributed by atoms with Crippen LogP contribution in [0.1, 0.15) is 112 Å². The number of carboxylic acid groups (broad SMARTS) is 1. The Balaban J connectivity index is 1.43. The SMILES string of the molecule is CCC(C)(C)C(=O)OC1CCC2(C)C(C1)CC(O)C1C2CC(O)C2(C)C(C(C)CCC(=O)OCCC(=O)O)CCC12. The van der Waals surface area contributed by atoms with Crippen molar-refractivity contribution < 1.29 is 39.2 Å². The molecule has 4 aliphatic rings. The van der Waals surface area contributed by atoms with Crippen molar-refractivity contribution in [3.8, 4) is 0 Å². The fourth-order valence-corrected chi connectivity index (χ4v) is 9.55. The van der Waals surface area contributed by atoms with Crippen molar-refractivity contribution in [1.82, 2.24) is 0 Å². The van der Waals surface area contributed by atoms with Crippen LogP contribution in [0.15, 0.2) is 0 Å². The normalized spacial score (nSPS) is 41.0. The summed E-state index contributed by atoms with van der Waals surface area (Å²) in [5.74, 6) is -0.204. The van der Waals surface area contributed by atoms with Crippen LogP contribution >= 0.6 is 0 Å². The molecule has 0 amide bonds. The molecule has 4 fully saturated rings. The first kappa shape index (κ1) is 32.2. The Morgan fingerprint density at radius 2 is 1.71 bits per heavy atom. The van der Waals surface area contributed by atoms with Gasteiger partial charge in [0.25, 0.3) is 0 Å². The highest BCUT2D eigenvalue weighted by atomic mass is 16.5. The van der Waals surface area contributed by atoms with E-state index >= 15 is 0 Å². The number of carboxylic acids is 1. The van der Waals surface area contributed by atoms with Gasteiger partial charge in [0.2, 0.25) is 0 Å². The number of aliphatic carboxylic acids is 1. The van der Waals surface area contributed by atoms with E-state index in [2.05, 4.69) is 20.8 Å². The summed E-state index contributed by atoms with van der Waals surface area (Å²) in [6, 6.07) is 0. The summed E-state index contributed by atoms with van der Waals surface area (Å²) < 4.78 is 11.1. The molecule has 11 atom stereocenters. The van der Waals surface area contributed by atoms with Crippen molar-refractivity contribution in [3.63, 3.8) is 0 Å². The van der Waals surface area contributed by atoms with Crippen LogP contribution in [0.25, 0.3) is 0 Å².